The average Bonchev–Trinajstić information content (AvgIpc) is 3.14. The van der Waals surface area contributed by atoms with E-state index >= 15 is 0 Å². The molecule has 150 valence electrons. The van der Waals surface area contributed by atoms with Crippen molar-refractivity contribution in [1.82, 2.24) is 9.78 Å². The number of amides is 1. The number of benzene rings is 2. The van der Waals surface area contributed by atoms with Gasteiger partial charge in [-0.15, -0.1) is 0 Å². The highest BCUT2D eigenvalue weighted by Crippen LogP contribution is 2.34. The highest BCUT2D eigenvalue weighted by molar-refractivity contribution is 7.90. The van der Waals surface area contributed by atoms with E-state index in [9.17, 15) is 13.2 Å². The predicted molar refractivity (Wildman–Crippen MR) is 111 cm³/mol. The molecule has 1 aliphatic heterocycles. The van der Waals surface area contributed by atoms with Crippen molar-refractivity contribution >= 4 is 44.8 Å². The van der Waals surface area contributed by atoms with Crippen LogP contribution in [0.2, 0.25) is 10.0 Å². The quantitative estimate of drug-likeness (QED) is 0.649. The molecule has 7 nitrogen and oxygen atoms in total. The fraction of sp³-hybridized carbons (Fsp3) is 0.158. The first-order valence-electron chi connectivity index (χ1n) is 8.49. The number of hydrogen-bond donors (Lipinski definition) is 1. The normalized spacial score (nSPS) is 14.4. The second kappa shape index (κ2) is 7.37. The summed E-state index contributed by atoms with van der Waals surface area (Å²) in [4.78, 5) is 13.0. The fourth-order valence-corrected chi connectivity index (χ4v) is 5.05. The molecule has 0 radical (unpaired) electrons. The van der Waals surface area contributed by atoms with E-state index in [0.29, 0.717) is 32.7 Å². The number of halogens is 2. The van der Waals surface area contributed by atoms with E-state index in [0.717, 1.165) is 0 Å². The molecule has 0 saturated carbocycles. The Morgan fingerprint density at radius 1 is 1.14 bits per heavy atom. The van der Waals surface area contributed by atoms with Crippen molar-refractivity contribution in [2.24, 2.45) is 0 Å². The van der Waals surface area contributed by atoms with Crippen LogP contribution in [-0.4, -0.2) is 31.2 Å². The molecule has 1 N–H and O–H groups in total. The maximum atomic E-state index is 13.0. The van der Waals surface area contributed by atoms with Crippen LogP contribution in [0.3, 0.4) is 0 Å². The van der Waals surface area contributed by atoms with Crippen molar-refractivity contribution in [3.05, 3.63) is 69.3 Å². The molecule has 0 aliphatic carbocycles. The Hall–Kier alpha value is -2.55. The van der Waals surface area contributed by atoms with E-state index in [4.69, 9.17) is 27.9 Å². The minimum Gasteiger partial charge on any atom is -0.496 e. The number of methoxy groups -OCH3 is 1. The van der Waals surface area contributed by atoms with Gasteiger partial charge >= 0.3 is 0 Å². The van der Waals surface area contributed by atoms with Gasteiger partial charge in [0.2, 0.25) is 0 Å². The van der Waals surface area contributed by atoms with E-state index in [1.54, 1.807) is 36.4 Å². The van der Waals surface area contributed by atoms with Crippen LogP contribution in [0, 0.1) is 0 Å². The van der Waals surface area contributed by atoms with E-state index in [1.807, 2.05) is 0 Å². The number of hydrogen-bond acceptors (Lipinski definition) is 5. The number of fused-ring (bicyclic) bond motifs is 1. The topological polar surface area (TPSA) is 90.3 Å². The largest absolute Gasteiger partial charge is 0.496 e. The number of sulfone groups is 1. The Labute approximate surface area is 177 Å². The third kappa shape index (κ3) is 3.83. The molecule has 0 saturated heterocycles. The van der Waals surface area contributed by atoms with Gasteiger partial charge in [-0.25, -0.2) is 13.1 Å². The van der Waals surface area contributed by atoms with Crippen LogP contribution in [0.5, 0.6) is 5.75 Å². The molecule has 0 fully saturated rings. The van der Waals surface area contributed by atoms with Crippen molar-refractivity contribution in [3.63, 3.8) is 0 Å². The molecule has 3 aromatic rings. The number of carbonyl (C=O) groups is 1. The highest BCUT2D eigenvalue weighted by Gasteiger charge is 2.33. The molecular formula is C19H15Cl2N3O4S. The van der Waals surface area contributed by atoms with Crippen LogP contribution in [0.1, 0.15) is 21.6 Å². The lowest BCUT2D eigenvalue weighted by Gasteiger charge is -2.13. The summed E-state index contributed by atoms with van der Waals surface area (Å²) >= 11 is 12.1. The average molecular weight is 452 g/mol. The fourth-order valence-electron chi connectivity index (χ4n) is 3.20. The third-order valence-corrected chi connectivity index (χ3v) is 6.39. The molecule has 2 heterocycles. The van der Waals surface area contributed by atoms with Gasteiger partial charge in [0.1, 0.15) is 11.6 Å². The van der Waals surface area contributed by atoms with Gasteiger partial charge in [-0.1, -0.05) is 29.3 Å². The molecule has 0 bridgehead atoms. The summed E-state index contributed by atoms with van der Waals surface area (Å²) in [6.07, 6.45) is 0. The Balaban J connectivity index is 1.81. The standard InChI is InChI=1S/C19H15Cl2N3O4S/c1-28-17-6-5-12(21)8-14(17)19(25)22-18-15-9-29(26,27)10-16(15)23-24(18)13-4-2-3-11(20)7-13/h2-8H,9-10H2,1H3,(H,22,25). The first kappa shape index (κ1) is 19.8. The summed E-state index contributed by atoms with van der Waals surface area (Å²) in [6.45, 7) is 0. The molecular weight excluding hydrogens is 437 g/mol. The van der Waals surface area contributed by atoms with E-state index < -0.39 is 15.7 Å². The van der Waals surface area contributed by atoms with E-state index in [2.05, 4.69) is 10.4 Å². The summed E-state index contributed by atoms with van der Waals surface area (Å²) in [7, 11) is -1.87. The molecule has 1 aliphatic rings. The summed E-state index contributed by atoms with van der Waals surface area (Å²) < 4.78 is 30.9. The number of aromatic nitrogens is 2. The molecule has 1 amide bonds. The van der Waals surface area contributed by atoms with Crippen molar-refractivity contribution in [2.75, 3.05) is 12.4 Å². The predicted octanol–water partition coefficient (Wildman–Crippen LogP) is 3.87. The van der Waals surface area contributed by atoms with Gasteiger partial charge in [-0.05, 0) is 36.4 Å². The Kier molecular flexibility index (Phi) is 5.02. The van der Waals surface area contributed by atoms with Gasteiger partial charge in [0.05, 0.1) is 35.6 Å². The molecule has 1 aromatic heterocycles. The van der Waals surface area contributed by atoms with Gasteiger partial charge in [0.25, 0.3) is 5.91 Å². The zero-order valence-corrected chi connectivity index (χ0v) is 17.5. The van der Waals surface area contributed by atoms with Crippen molar-refractivity contribution in [2.45, 2.75) is 11.5 Å². The Bertz CT molecular complexity index is 1240. The van der Waals surface area contributed by atoms with Gasteiger partial charge in [-0.3, -0.25) is 4.79 Å². The minimum absolute atomic E-state index is 0.181. The van der Waals surface area contributed by atoms with Crippen molar-refractivity contribution in [1.29, 1.82) is 0 Å². The first-order chi connectivity index (χ1) is 13.8. The van der Waals surface area contributed by atoms with Crippen LogP contribution < -0.4 is 10.1 Å². The van der Waals surface area contributed by atoms with Crippen LogP contribution >= 0.6 is 23.2 Å². The number of anilines is 1. The smallest absolute Gasteiger partial charge is 0.260 e. The maximum absolute atomic E-state index is 13.0. The minimum atomic E-state index is -3.31. The van der Waals surface area contributed by atoms with Crippen LogP contribution in [0.25, 0.3) is 5.69 Å². The zero-order valence-electron chi connectivity index (χ0n) is 15.1. The molecule has 29 heavy (non-hydrogen) atoms. The first-order valence-corrected chi connectivity index (χ1v) is 11.1. The van der Waals surface area contributed by atoms with E-state index in [-0.39, 0.29) is 22.9 Å². The number of nitrogens with one attached hydrogen (secondary N) is 1. The lowest BCUT2D eigenvalue weighted by Crippen LogP contribution is -2.17. The van der Waals surface area contributed by atoms with Gasteiger partial charge in [0.15, 0.2) is 9.84 Å². The summed E-state index contributed by atoms with van der Waals surface area (Å²) in [6, 6.07) is 11.6. The highest BCUT2D eigenvalue weighted by atomic mass is 35.5. The molecule has 0 atom stereocenters. The molecule has 10 heteroatoms. The van der Waals surface area contributed by atoms with Gasteiger partial charge < -0.3 is 10.1 Å². The van der Waals surface area contributed by atoms with E-state index in [1.165, 1.54) is 17.9 Å². The second-order valence-corrected chi connectivity index (χ2v) is 9.43. The SMILES string of the molecule is COc1ccc(Cl)cc1C(=O)Nc1c2c(nn1-c1cccc(Cl)c1)CS(=O)(=O)C2. The second-order valence-electron chi connectivity index (χ2n) is 6.50. The van der Waals surface area contributed by atoms with Crippen molar-refractivity contribution < 1.29 is 17.9 Å². The third-order valence-electron chi connectivity index (χ3n) is 4.48. The monoisotopic (exact) mass is 451 g/mol. The van der Waals surface area contributed by atoms with Gasteiger partial charge in [0, 0.05) is 15.6 Å². The molecule has 4 rings (SSSR count). The number of nitrogens with zero attached hydrogens (tertiary/aromatic N) is 2. The molecule has 2 aromatic carbocycles. The summed E-state index contributed by atoms with van der Waals surface area (Å²) in [5.41, 5.74) is 1.67. The lowest BCUT2D eigenvalue weighted by atomic mass is 10.2. The maximum Gasteiger partial charge on any atom is 0.260 e. The molecule has 0 spiro atoms. The Morgan fingerprint density at radius 3 is 2.62 bits per heavy atom. The number of ether oxygens (including phenoxy) is 1. The molecule has 0 unspecified atom stereocenters. The number of rotatable bonds is 4. The van der Waals surface area contributed by atoms with Crippen LogP contribution in [-0.2, 0) is 21.3 Å². The van der Waals surface area contributed by atoms with Gasteiger partial charge in [-0.2, -0.15) is 5.10 Å². The number of carbonyl (C=O) groups excluding carboxylic acids is 1. The van der Waals surface area contributed by atoms with Crippen molar-refractivity contribution in [3.8, 4) is 11.4 Å². The Morgan fingerprint density at radius 2 is 1.90 bits per heavy atom. The summed E-state index contributed by atoms with van der Waals surface area (Å²) in [5, 5.41) is 8.05. The zero-order chi connectivity index (χ0) is 20.8. The van der Waals surface area contributed by atoms with Crippen LogP contribution in [0.4, 0.5) is 5.82 Å². The van der Waals surface area contributed by atoms with Crippen LogP contribution in [0.15, 0.2) is 42.5 Å². The lowest BCUT2D eigenvalue weighted by molar-refractivity contribution is 0.102. The summed E-state index contributed by atoms with van der Waals surface area (Å²) in [5.74, 6) is -0.273.